The Morgan fingerprint density at radius 3 is 2.85 bits per heavy atom. The van der Waals surface area contributed by atoms with Crippen LogP contribution in [0.1, 0.15) is 31.0 Å². The Bertz CT molecular complexity index is 429. The summed E-state index contributed by atoms with van der Waals surface area (Å²) in [6.45, 7) is 6.28. The van der Waals surface area contributed by atoms with Crippen LogP contribution in [0.15, 0.2) is 18.5 Å². The Hall–Kier alpha value is -1.38. The smallest absolute Gasteiger partial charge is 0.155 e. The first kappa shape index (κ1) is 8.23. The summed E-state index contributed by atoms with van der Waals surface area (Å²) in [7, 11) is 0. The molecular weight excluding hydrogens is 162 g/mol. The van der Waals surface area contributed by atoms with Gasteiger partial charge in [-0.1, -0.05) is 13.8 Å². The first-order valence-corrected chi connectivity index (χ1v) is 4.49. The summed E-state index contributed by atoms with van der Waals surface area (Å²) in [6.07, 6.45) is 3.96. The zero-order chi connectivity index (χ0) is 9.42. The van der Waals surface area contributed by atoms with Crippen LogP contribution in [0, 0.1) is 6.92 Å². The number of nitrogens with zero attached hydrogens (tertiary/aromatic N) is 3. The fraction of sp³-hybridized carbons (Fsp3) is 0.400. The van der Waals surface area contributed by atoms with E-state index in [4.69, 9.17) is 0 Å². The van der Waals surface area contributed by atoms with Gasteiger partial charge in [-0.25, -0.2) is 9.50 Å². The van der Waals surface area contributed by atoms with E-state index < -0.39 is 0 Å². The average molecular weight is 175 g/mol. The summed E-state index contributed by atoms with van der Waals surface area (Å²) >= 11 is 0. The zero-order valence-corrected chi connectivity index (χ0v) is 8.15. The second-order valence-corrected chi connectivity index (χ2v) is 3.63. The molecule has 2 heterocycles. The molecule has 13 heavy (non-hydrogen) atoms. The van der Waals surface area contributed by atoms with Gasteiger partial charge >= 0.3 is 0 Å². The number of fused-ring (bicyclic) bond motifs is 1. The van der Waals surface area contributed by atoms with Gasteiger partial charge in [-0.3, -0.25) is 0 Å². The van der Waals surface area contributed by atoms with E-state index in [-0.39, 0.29) is 0 Å². The SMILES string of the molecule is Cc1cc2ncc(C(C)C)cn2n1. The van der Waals surface area contributed by atoms with Gasteiger partial charge in [0.25, 0.3) is 0 Å². The van der Waals surface area contributed by atoms with Crippen LogP contribution in [0.5, 0.6) is 0 Å². The highest BCUT2D eigenvalue weighted by atomic mass is 15.2. The van der Waals surface area contributed by atoms with Gasteiger partial charge in [0.05, 0.1) is 5.69 Å². The maximum atomic E-state index is 4.32. The van der Waals surface area contributed by atoms with E-state index in [2.05, 4.69) is 23.9 Å². The second kappa shape index (κ2) is 2.83. The van der Waals surface area contributed by atoms with Crippen LogP contribution in [-0.2, 0) is 0 Å². The Kier molecular flexibility index (Phi) is 1.79. The molecule has 0 aliphatic heterocycles. The summed E-state index contributed by atoms with van der Waals surface area (Å²) in [5, 5.41) is 4.31. The molecule has 3 nitrogen and oxygen atoms in total. The standard InChI is InChI=1S/C10H13N3/c1-7(2)9-5-11-10-4-8(3)12-13(10)6-9/h4-7H,1-3H3. The molecule has 0 aromatic carbocycles. The minimum atomic E-state index is 0.501. The van der Waals surface area contributed by atoms with E-state index in [0.29, 0.717) is 5.92 Å². The quantitative estimate of drug-likeness (QED) is 0.664. The van der Waals surface area contributed by atoms with E-state index in [1.165, 1.54) is 5.56 Å². The summed E-state index contributed by atoms with van der Waals surface area (Å²) in [6, 6.07) is 1.98. The molecule has 0 unspecified atom stereocenters. The maximum Gasteiger partial charge on any atom is 0.155 e. The number of hydrogen-bond donors (Lipinski definition) is 0. The predicted octanol–water partition coefficient (Wildman–Crippen LogP) is 2.16. The Labute approximate surface area is 77.4 Å². The van der Waals surface area contributed by atoms with Crippen molar-refractivity contribution in [2.75, 3.05) is 0 Å². The first-order chi connectivity index (χ1) is 6.16. The van der Waals surface area contributed by atoms with Crippen molar-refractivity contribution in [3.63, 3.8) is 0 Å². The molecule has 0 aliphatic carbocycles. The topological polar surface area (TPSA) is 30.2 Å². The largest absolute Gasteiger partial charge is 0.237 e. The lowest BCUT2D eigenvalue weighted by Crippen LogP contribution is -1.95. The van der Waals surface area contributed by atoms with Crippen molar-refractivity contribution in [2.45, 2.75) is 26.7 Å². The van der Waals surface area contributed by atoms with Crippen molar-refractivity contribution in [3.8, 4) is 0 Å². The van der Waals surface area contributed by atoms with Crippen LogP contribution in [0.3, 0.4) is 0 Å². The summed E-state index contributed by atoms with van der Waals surface area (Å²) in [4.78, 5) is 4.32. The number of aryl methyl sites for hydroxylation is 1. The van der Waals surface area contributed by atoms with Crippen LogP contribution < -0.4 is 0 Å². The van der Waals surface area contributed by atoms with E-state index in [1.54, 1.807) is 0 Å². The van der Waals surface area contributed by atoms with Gasteiger partial charge in [0, 0.05) is 18.5 Å². The Balaban J connectivity index is 2.61. The average Bonchev–Trinajstić information content (AvgIpc) is 2.42. The molecule has 2 rings (SSSR count). The lowest BCUT2D eigenvalue weighted by Gasteiger charge is -2.03. The lowest BCUT2D eigenvalue weighted by molar-refractivity contribution is 0.817. The molecule has 2 aromatic rings. The molecule has 0 fully saturated rings. The van der Waals surface area contributed by atoms with Gasteiger partial charge in [0.2, 0.25) is 0 Å². The van der Waals surface area contributed by atoms with Crippen molar-refractivity contribution in [1.29, 1.82) is 0 Å². The highest BCUT2D eigenvalue weighted by Crippen LogP contribution is 2.13. The van der Waals surface area contributed by atoms with Crippen molar-refractivity contribution >= 4 is 5.65 Å². The second-order valence-electron chi connectivity index (χ2n) is 3.63. The minimum absolute atomic E-state index is 0.501. The van der Waals surface area contributed by atoms with E-state index in [1.807, 2.05) is 29.9 Å². The fourth-order valence-corrected chi connectivity index (χ4v) is 1.31. The molecular formula is C10H13N3. The van der Waals surface area contributed by atoms with Crippen LogP contribution in [0.4, 0.5) is 0 Å². The molecule has 68 valence electrons. The molecule has 2 aromatic heterocycles. The molecule has 0 saturated carbocycles. The van der Waals surface area contributed by atoms with E-state index in [0.717, 1.165) is 11.3 Å². The van der Waals surface area contributed by atoms with Gasteiger partial charge < -0.3 is 0 Å². The summed E-state index contributed by atoms with van der Waals surface area (Å²) in [5.74, 6) is 0.501. The van der Waals surface area contributed by atoms with Gasteiger partial charge in [-0.05, 0) is 18.4 Å². The normalized spacial score (nSPS) is 11.4. The molecule has 0 saturated heterocycles. The van der Waals surface area contributed by atoms with Gasteiger partial charge in [-0.2, -0.15) is 5.10 Å². The van der Waals surface area contributed by atoms with Crippen LogP contribution in [0.25, 0.3) is 5.65 Å². The molecule has 0 amide bonds. The maximum absolute atomic E-state index is 4.32. The molecule has 0 spiro atoms. The first-order valence-electron chi connectivity index (χ1n) is 4.49. The minimum Gasteiger partial charge on any atom is -0.237 e. The number of hydrogen-bond acceptors (Lipinski definition) is 2. The predicted molar refractivity (Wildman–Crippen MR) is 51.8 cm³/mol. The third-order valence-electron chi connectivity index (χ3n) is 2.12. The number of rotatable bonds is 1. The van der Waals surface area contributed by atoms with Crippen LogP contribution >= 0.6 is 0 Å². The third kappa shape index (κ3) is 1.41. The zero-order valence-electron chi connectivity index (χ0n) is 8.15. The van der Waals surface area contributed by atoms with Gasteiger partial charge in [-0.15, -0.1) is 0 Å². The van der Waals surface area contributed by atoms with Gasteiger partial charge in [0.15, 0.2) is 5.65 Å². The van der Waals surface area contributed by atoms with Crippen molar-refractivity contribution in [2.24, 2.45) is 0 Å². The van der Waals surface area contributed by atoms with Crippen LogP contribution in [-0.4, -0.2) is 14.6 Å². The fourth-order valence-electron chi connectivity index (χ4n) is 1.31. The lowest BCUT2D eigenvalue weighted by atomic mass is 10.1. The van der Waals surface area contributed by atoms with Crippen molar-refractivity contribution in [3.05, 3.63) is 29.7 Å². The highest BCUT2D eigenvalue weighted by Gasteiger charge is 2.02. The van der Waals surface area contributed by atoms with Crippen LogP contribution in [0.2, 0.25) is 0 Å². The van der Waals surface area contributed by atoms with E-state index >= 15 is 0 Å². The molecule has 0 bridgehead atoms. The Morgan fingerprint density at radius 1 is 1.38 bits per heavy atom. The van der Waals surface area contributed by atoms with Gasteiger partial charge in [0.1, 0.15) is 0 Å². The molecule has 0 aliphatic rings. The monoisotopic (exact) mass is 175 g/mol. The highest BCUT2D eigenvalue weighted by molar-refractivity contribution is 5.39. The number of aromatic nitrogens is 3. The summed E-state index contributed by atoms with van der Waals surface area (Å²) < 4.78 is 1.84. The molecule has 3 heteroatoms. The molecule has 0 atom stereocenters. The third-order valence-corrected chi connectivity index (χ3v) is 2.12. The van der Waals surface area contributed by atoms with E-state index in [9.17, 15) is 0 Å². The molecule has 0 N–H and O–H groups in total. The molecule has 0 radical (unpaired) electrons. The van der Waals surface area contributed by atoms with Crippen molar-refractivity contribution < 1.29 is 0 Å². The summed E-state index contributed by atoms with van der Waals surface area (Å²) in [5.41, 5.74) is 3.14. The van der Waals surface area contributed by atoms with Crippen molar-refractivity contribution in [1.82, 2.24) is 14.6 Å². The Morgan fingerprint density at radius 2 is 2.15 bits per heavy atom.